The maximum atomic E-state index is 12.9. The van der Waals surface area contributed by atoms with Crippen LogP contribution in [0.4, 0.5) is 5.69 Å². The summed E-state index contributed by atoms with van der Waals surface area (Å²) in [6.07, 6.45) is 3.30. The summed E-state index contributed by atoms with van der Waals surface area (Å²) in [5, 5.41) is 3.62. The van der Waals surface area contributed by atoms with Gasteiger partial charge in [0.25, 0.3) is 0 Å². The summed E-state index contributed by atoms with van der Waals surface area (Å²) in [5.41, 5.74) is 2.31. The molecule has 0 unspecified atom stereocenters. The Labute approximate surface area is 140 Å². The van der Waals surface area contributed by atoms with Crippen molar-refractivity contribution < 1.29 is 9.59 Å². The summed E-state index contributed by atoms with van der Waals surface area (Å²) in [7, 11) is 0. The largest absolute Gasteiger partial charge is 0.384 e. The molecule has 0 spiro atoms. The molecule has 1 N–H and O–H groups in total. The van der Waals surface area contributed by atoms with Crippen LogP contribution in [0, 0.1) is 0 Å². The minimum Gasteiger partial charge on any atom is -0.384 e. The van der Waals surface area contributed by atoms with Crippen molar-refractivity contribution in [1.29, 1.82) is 0 Å². The fourth-order valence-electron chi connectivity index (χ4n) is 2.94. The zero-order chi connectivity index (χ0) is 16.4. The monoisotopic (exact) mass is 327 g/mol. The average molecular weight is 328 g/mol. The minimum absolute atomic E-state index is 0.143. The number of hydrogen-bond donors (Lipinski definition) is 1. The number of rotatable bonds is 5. The van der Waals surface area contributed by atoms with E-state index in [4.69, 9.17) is 11.6 Å². The third-order valence-electron chi connectivity index (χ3n) is 4.12. The molecule has 0 aromatic heterocycles. The number of carbonyl (C=O) groups excluding carboxylic acids is 2. The Hall–Kier alpha value is -2.13. The highest BCUT2D eigenvalue weighted by molar-refractivity contribution is 6.39. The molecule has 0 bridgehead atoms. The molecular formula is C19H18ClNO2. The van der Waals surface area contributed by atoms with Crippen molar-refractivity contribution in [3.05, 3.63) is 63.7 Å². The lowest BCUT2D eigenvalue weighted by Gasteiger charge is -2.21. The molecule has 4 heteroatoms. The number of nitrogens with one attached hydrogen (secondary N) is 1. The number of halogens is 1. The van der Waals surface area contributed by atoms with Crippen LogP contribution in [0.5, 0.6) is 0 Å². The molecule has 0 amide bonds. The molecule has 0 aliphatic heterocycles. The Balaban J connectivity index is 2.02. The van der Waals surface area contributed by atoms with Crippen molar-refractivity contribution in [3.63, 3.8) is 0 Å². The van der Waals surface area contributed by atoms with Crippen LogP contribution in [-0.4, -0.2) is 18.1 Å². The van der Waals surface area contributed by atoms with Gasteiger partial charge in [0, 0.05) is 23.4 Å². The molecule has 0 radical (unpaired) electrons. The zero-order valence-corrected chi connectivity index (χ0v) is 13.7. The van der Waals surface area contributed by atoms with Gasteiger partial charge in [-0.3, -0.25) is 9.59 Å². The van der Waals surface area contributed by atoms with Gasteiger partial charge in [-0.05, 0) is 18.6 Å². The summed E-state index contributed by atoms with van der Waals surface area (Å²) < 4.78 is 0. The predicted molar refractivity (Wildman–Crippen MR) is 92.8 cm³/mol. The van der Waals surface area contributed by atoms with Crippen LogP contribution in [-0.2, 0) is 0 Å². The van der Waals surface area contributed by atoms with Gasteiger partial charge in [-0.1, -0.05) is 55.6 Å². The number of benzene rings is 2. The standard InChI is InChI=1S/C19H18ClNO2/c1-2-3-4-11-21-15-10-6-8-13-17(15)19(23)12-7-5-9-14(20)16(12)18(13)22/h5-10,21H,2-4,11H2,1H3. The number of ketones is 2. The van der Waals surface area contributed by atoms with Crippen molar-refractivity contribution in [3.8, 4) is 0 Å². The van der Waals surface area contributed by atoms with Crippen molar-refractivity contribution >= 4 is 28.9 Å². The van der Waals surface area contributed by atoms with E-state index in [1.165, 1.54) is 0 Å². The topological polar surface area (TPSA) is 46.2 Å². The SMILES string of the molecule is CCCCCNc1cccc2c1C(=O)c1cccc(Cl)c1C2=O. The Kier molecular flexibility index (Phi) is 4.49. The van der Waals surface area contributed by atoms with Crippen LogP contribution in [0.2, 0.25) is 5.02 Å². The van der Waals surface area contributed by atoms with Crippen LogP contribution >= 0.6 is 11.6 Å². The second-order valence-corrected chi connectivity index (χ2v) is 6.09. The van der Waals surface area contributed by atoms with E-state index in [2.05, 4.69) is 12.2 Å². The Morgan fingerprint density at radius 2 is 1.57 bits per heavy atom. The minimum atomic E-state index is -0.183. The Bertz CT molecular complexity index is 783. The van der Waals surface area contributed by atoms with Crippen LogP contribution in [0.25, 0.3) is 0 Å². The maximum Gasteiger partial charge on any atom is 0.196 e. The lowest BCUT2D eigenvalue weighted by atomic mass is 9.83. The highest BCUT2D eigenvalue weighted by Crippen LogP contribution is 2.35. The van der Waals surface area contributed by atoms with Gasteiger partial charge in [-0.25, -0.2) is 0 Å². The summed E-state index contributed by atoms with van der Waals surface area (Å²) in [5.74, 6) is -0.326. The molecule has 0 atom stereocenters. The van der Waals surface area contributed by atoms with Gasteiger partial charge < -0.3 is 5.32 Å². The molecule has 1 aliphatic carbocycles. The molecule has 3 rings (SSSR count). The van der Waals surface area contributed by atoms with E-state index >= 15 is 0 Å². The zero-order valence-electron chi connectivity index (χ0n) is 13.0. The number of hydrogen-bond acceptors (Lipinski definition) is 3. The molecule has 118 valence electrons. The first-order valence-corrected chi connectivity index (χ1v) is 8.27. The number of anilines is 1. The van der Waals surface area contributed by atoms with E-state index in [9.17, 15) is 9.59 Å². The van der Waals surface area contributed by atoms with E-state index < -0.39 is 0 Å². The molecule has 1 aliphatic rings. The highest BCUT2D eigenvalue weighted by atomic mass is 35.5. The summed E-state index contributed by atoms with van der Waals surface area (Å²) in [6.45, 7) is 2.93. The van der Waals surface area contributed by atoms with Crippen molar-refractivity contribution in [2.75, 3.05) is 11.9 Å². The number of carbonyl (C=O) groups is 2. The molecule has 2 aromatic rings. The first kappa shape index (κ1) is 15.8. The first-order chi connectivity index (χ1) is 11.1. The summed E-state index contributed by atoms with van der Waals surface area (Å²) in [6, 6.07) is 10.4. The molecule has 0 heterocycles. The van der Waals surface area contributed by atoms with E-state index in [1.807, 2.05) is 6.07 Å². The number of fused-ring (bicyclic) bond motifs is 2. The van der Waals surface area contributed by atoms with Gasteiger partial charge in [-0.2, -0.15) is 0 Å². The van der Waals surface area contributed by atoms with Gasteiger partial charge >= 0.3 is 0 Å². The lowest BCUT2D eigenvalue weighted by Crippen LogP contribution is -2.23. The van der Waals surface area contributed by atoms with Gasteiger partial charge in [0.1, 0.15) is 0 Å². The Morgan fingerprint density at radius 1 is 0.913 bits per heavy atom. The van der Waals surface area contributed by atoms with Gasteiger partial charge in [0.2, 0.25) is 0 Å². The van der Waals surface area contributed by atoms with Crippen molar-refractivity contribution in [1.82, 2.24) is 0 Å². The third kappa shape index (κ3) is 2.77. The molecule has 0 saturated heterocycles. The molecule has 2 aromatic carbocycles. The predicted octanol–water partition coefficient (Wildman–Crippen LogP) is 4.72. The van der Waals surface area contributed by atoms with E-state index in [1.54, 1.807) is 30.3 Å². The summed E-state index contributed by atoms with van der Waals surface area (Å²) >= 11 is 6.14. The fraction of sp³-hybridized carbons (Fsp3) is 0.263. The molecule has 23 heavy (non-hydrogen) atoms. The van der Waals surface area contributed by atoms with Gasteiger partial charge in [-0.15, -0.1) is 0 Å². The molecule has 0 saturated carbocycles. The second-order valence-electron chi connectivity index (χ2n) is 5.68. The smallest absolute Gasteiger partial charge is 0.196 e. The third-order valence-corrected chi connectivity index (χ3v) is 4.43. The van der Waals surface area contributed by atoms with Gasteiger partial charge in [0.05, 0.1) is 16.1 Å². The quantitative estimate of drug-likeness (QED) is 0.690. The molecule has 0 fully saturated rings. The lowest BCUT2D eigenvalue weighted by molar-refractivity contribution is 0.0979. The van der Waals surface area contributed by atoms with Crippen molar-refractivity contribution in [2.24, 2.45) is 0 Å². The van der Waals surface area contributed by atoms with E-state index in [0.29, 0.717) is 27.3 Å². The van der Waals surface area contributed by atoms with Gasteiger partial charge in [0.15, 0.2) is 11.6 Å². The Morgan fingerprint density at radius 3 is 2.30 bits per heavy atom. The van der Waals surface area contributed by atoms with Crippen LogP contribution < -0.4 is 5.32 Å². The van der Waals surface area contributed by atoms with E-state index in [-0.39, 0.29) is 11.6 Å². The highest BCUT2D eigenvalue weighted by Gasteiger charge is 2.32. The van der Waals surface area contributed by atoms with E-state index in [0.717, 1.165) is 31.5 Å². The normalized spacial score (nSPS) is 12.8. The second kappa shape index (κ2) is 6.55. The first-order valence-electron chi connectivity index (χ1n) is 7.90. The maximum absolute atomic E-state index is 12.9. The number of unbranched alkanes of at least 4 members (excludes halogenated alkanes) is 2. The van der Waals surface area contributed by atoms with Crippen LogP contribution in [0.15, 0.2) is 36.4 Å². The van der Waals surface area contributed by atoms with Crippen LogP contribution in [0.3, 0.4) is 0 Å². The average Bonchev–Trinajstić information content (AvgIpc) is 2.56. The summed E-state index contributed by atoms with van der Waals surface area (Å²) in [4.78, 5) is 25.6. The molecule has 3 nitrogen and oxygen atoms in total. The fourth-order valence-corrected chi connectivity index (χ4v) is 3.21. The van der Waals surface area contributed by atoms with Crippen molar-refractivity contribution in [2.45, 2.75) is 26.2 Å². The van der Waals surface area contributed by atoms with Crippen LogP contribution in [0.1, 0.15) is 58.0 Å². The molecular weight excluding hydrogens is 310 g/mol.